The van der Waals surface area contributed by atoms with E-state index in [1.165, 1.54) is 6.92 Å². The van der Waals surface area contributed by atoms with Crippen LogP contribution in [0, 0.1) is 5.41 Å². The van der Waals surface area contributed by atoms with Gasteiger partial charge in [-0.1, -0.05) is 0 Å². The van der Waals surface area contributed by atoms with Crippen LogP contribution in [-0.4, -0.2) is 41.7 Å². The predicted molar refractivity (Wildman–Crippen MR) is 80.4 cm³/mol. The molecule has 1 rings (SSSR count). The summed E-state index contributed by atoms with van der Waals surface area (Å²) >= 11 is 0. The normalized spacial score (nSPS) is 12.6. The van der Waals surface area contributed by atoms with Crippen molar-refractivity contribution in [2.75, 3.05) is 18.5 Å². The van der Waals surface area contributed by atoms with Crippen molar-refractivity contribution < 1.29 is 19.8 Å². The summed E-state index contributed by atoms with van der Waals surface area (Å²) in [4.78, 5) is 24.8. The highest BCUT2D eigenvalue weighted by molar-refractivity contribution is 5.87. The highest BCUT2D eigenvalue weighted by Crippen LogP contribution is 2.23. The average Bonchev–Trinajstić information content (AvgIpc) is 2.38. The van der Waals surface area contributed by atoms with Crippen LogP contribution in [0.2, 0.25) is 0 Å². The Balaban J connectivity index is 2.72. The molecule has 1 aromatic rings. The number of carbonyl (C=O) groups excluding carboxylic acids is 1. The highest BCUT2D eigenvalue weighted by atomic mass is 16.4. The maximum Gasteiger partial charge on any atom is 0.325 e. The molecule has 0 fully saturated rings. The van der Waals surface area contributed by atoms with E-state index in [2.05, 4.69) is 5.32 Å². The van der Waals surface area contributed by atoms with Crippen molar-refractivity contribution in [3.8, 4) is 5.75 Å². The first-order valence-corrected chi connectivity index (χ1v) is 6.67. The minimum Gasteiger partial charge on any atom is -0.508 e. The van der Waals surface area contributed by atoms with Crippen molar-refractivity contribution in [2.45, 2.75) is 26.8 Å². The van der Waals surface area contributed by atoms with Gasteiger partial charge >= 0.3 is 5.97 Å². The van der Waals surface area contributed by atoms with E-state index in [0.29, 0.717) is 6.54 Å². The molecule has 0 aliphatic rings. The molecule has 116 valence electrons. The van der Waals surface area contributed by atoms with Crippen LogP contribution in [-0.2, 0) is 9.59 Å². The molecule has 0 bridgehead atoms. The third kappa shape index (κ3) is 4.66. The number of carboxylic acid groups (broad SMARTS) is 1. The number of carbonyl (C=O) groups is 2. The number of phenols is 1. The molecule has 21 heavy (non-hydrogen) atoms. The van der Waals surface area contributed by atoms with Crippen molar-refractivity contribution in [2.24, 2.45) is 5.41 Å². The molecule has 1 unspecified atom stereocenters. The van der Waals surface area contributed by atoms with Gasteiger partial charge in [-0.3, -0.25) is 9.59 Å². The number of anilines is 1. The van der Waals surface area contributed by atoms with Gasteiger partial charge in [-0.2, -0.15) is 0 Å². The number of rotatable bonds is 6. The van der Waals surface area contributed by atoms with Crippen molar-refractivity contribution in [1.82, 2.24) is 5.32 Å². The number of nitrogens with zero attached hydrogens (tertiary/aromatic N) is 1. The summed E-state index contributed by atoms with van der Waals surface area (Å²) in [5, 5.41) is 20.6. The second kappa shape index (κ2) is 6.47. The van der Waals surface area contributed by atoms with Gasteiger partial charge in [0.05, 0.1) is 5.41 Å². The van der Waals surface area contributed by atoms with Gasteiger partial charge in [0.1, 0.15) is 11.8 Å². The Morgan fingerprint density at radius 3 is 2.29 bits per heavy atom. The smallest absolute Gasteiger partial charge is 0.325 e. The van der Waals surface area contributed by atoms with Gasteiger partial charge < -0.3 is 20.4 Å². The van der Waals surface area contributed by atoms with E-state index in [9.17, 15) is 14.7 Å². The summed E-state index contributed by atoms with van der Waals surface area (Å²) in [6, 6.07) is 5.74. The Hall–Kier alpha value is -2.24. The van der Waals surface area contributed by atoms with Crippen molar-refractivity contribution in [3.05, 3.63) is 24.3 Å². The average molecular weight is 294 g/mol. The van der Waals surface area contributed by atoms with Gasteiger partial charge in [-0.05, 0) is 45.0 Å². The minimum atomic E-state index is -1.06. The second-order valence-corrected chi connectivity index (χ2v) is 5.79. The lowest BCUT2D eigenvalue weighted by Gasteiger charge is -2.31. The summed E-state index contributed by atoms with van der Waals surface area (Å²) in [7, 11) is 1.84. The Kier molecular flexibility index (Phi) is 5.18. The molecule has 1 atom stereocenters. The molecule has 1 amide bonds. The minimum absolute atomic E-state index is 0.180. The van der Waals surface area contributed by atoms with Gasteiger partial charge in [0.2, 0.25) is 5.91 Å². The molecule has 0 heterocycles. The molecule has 0 aromatic heterocycles. The molecule has 0 saturated carbocycles. The van der Waals surface area contributed by atoms with Crippen LogP contribution in [0.25, 0.3) is 0 Å². The van der Waals surface area contributed by atoms with E-state index in [1.54, 1.807) is 38.1 Å². The number of hydrogen-bond acceptors (Lipinski definition) is 4. The maximum atomic E-state index is 12.2. The molecule has 0 spiro atoms. The first kappa shape index (κ1) is 16.8. The highest BCUT2D eigenvalue weighted by Gasteiger charge is 2.31. The SMILES string of the molecule is CC(NC(=O)C(C)(C)CN(C)c1ccc(O)cc1)C(=O)O. The van der Waals surface area contributed by atoms with Crippen molar-refractivity contribution >= 4 is 17.6 Å². The number of carboxylic acids is 1. The Morgan fingerprint density at radius 2 is 1.81 bits per heavy atom. The predicted octanol–water partition coefficient (Wildman–Crippen LogP) is 1.44. The molecule has 6 nitrogen and oxygen atoms in total. The van der Waals surface area contributed by atoms with Crippen LogP contribution in [0.1, 0.15) is 20.8 Å². The molecule has 3 N–H and O–H groups in total. The largest absolute Gasteiger partial charge is 0.508 e. The van der Waals surface area contributed by atoms with Crippen molar-refractivity contribution in [1.29, 1.82) is 0 Å². The van der Waals surface area contributed by atoms with E-state index < -0.39 is 17.4 Å². The van der Waals surface area contributed by atoms with E-state index in [1.807, 2.05) is 11.9 Å². The molecule has 0 aliphatic carbocycles. The number of aliphatic carboxylic acids is 1. The van der Waals surface area contributed by atoms with Crippen molar-refractivity contribution in [3.63, 3.8) is 0 Å². The topological polar surface area (TPSA) is 89.9 Å². The van der Waals surface area contributed by atoms with E-state index in [0.717, 1.165) is 5.69 Å². The van der Waals surface area contributed by atoms with Gasteiger partial charge in [0.15, 0.2) is 0 Å². The molecule has 6 heteroatoms. The van der Waals surface area contributed by atoms with Gasteiger partial charge in [0, 0.05) is 19.3 Å². The third-order valence-corrected chi connectivity index (χ3v) is 3.26. The van der Waals surface area contributed by atoms with E-state index >= 15 is 0 Å². The quantitative estimate of drug-likeness (QED) is 0.738. The van der Waals surface area contributed by atoms with E-state index in [-0.39, 0.29) is 11.7 Å². The van der Waals surface area contributed by atoms with Gasteiger partial charge in [-0.15, -0.1) is 0 Å². The number of phenolic OH excluding ortho intramolecular Hbond substituents is 1. The van der Waals surface area contributed by atoms with Crippen LogP contribution in [0.3, 0.4) is 0 Å². The zero-order valence-electron chi connectivity index (χ0n) is 12.8. The summed E-state index contributed by atoms with van der Waals surface area (Å²) in [6.07, 6.45) is 0. The fourth-order valence-corrected chi connectivity index (χ4v) is 1.92. The third-order valence-electron chi connectivity index (χ3n) is 3.26. The lowest BCUT2D eigenvalue weighted by Crippen LogP contribution is -2.49. The van der Waals surface area contributed by atoms with E-state index in [4.69, 9.17) is 5.11 Å². The summed E-state index contributed by atoms with van der Waals surface area (Å²) < 4.78 is 0. The summed E-state index contributed by atoms with van der Waals surface area (Å²) in [5.74, 6) is -1.20. The molecular formula is C15H22N2O4. The first-order chi connectivity index (χ1) is 9.63. The fraction of sp³-hybridized carbons (Fsp3) is 0.467. The Morgan fingerprint density at radius 1 is 1.29 bits per heavy atom. The molecule has 0 saturated heterocycles. The fourth-order valence-electron chi connectivity index (χ4n) is 1.92. The molecule has 0 aliphatic heterocycles. The number of benzene rings is 1. The number of nitrogens with one attached hydrogen (secondary N) is 1. The van der Waals surface area contributed by atoms with Crippen LogP contribution < -0.4 is 10.2 Å². The summed E-state index contributed by atoms with van der Waals surface area (Å²) in [6.45, 7) is 5.36. The number of aromatic hydroxyl groups is 1. The Bertz CT molecular complexity index is 511. The van der Waals surface area contributed by atoms with Gasteiger partial charge in [-0.25, -0.2) is 0 Å². The first-order valence-electron chi connectivity index (χ1n) is 6.67. The molecule has 0 radical (unpaired) electrons. The van der Waals surface area contributed by atoms with Crippen LogP contribution in [0.5, 0.6) is 5.75 Å². The molecular weight excluding hydrogens is 272 g/mol. The Labute approximate surface area is 124 Å². The molecule has 1 aromatic carbocycles. The number of amides is 1. The standard InChI is InChI=1S/C15H22N2O4/c1-10(13(19)20)16-14(21)15(2,3)9-17(4)11-5-7-12(18)8-6-11/h5-8,10,18H,9H2,1-4H3,(H,16,21)(H,19,20). The van der Waals surface area contributed by atoms with Crippen LogP contribution in [0.15, 0.2) is 24.3 Å². The van der Waals surface area contributed by atoms with Crippen LogP contribution in [0.4, 0.5) is 5.69 Å². The van der Waals surface area contributed by atoms with Crippen LogP contribution >= 0.6 is 0 Å². The monoisotopic (exact) mass is 294 g/mol. The zero-order chi connectivity index (χ0) is 16.2. The van der Waals surface area contributed by atoms with Gasteiger partial charge in [0.25, 0.3) is 0 Å². The zero-order valence-corrected chi connectivity index (χ0v) is 12.8. The summed E-state index contributed by atoms with van der Waals surface area (Å²) in [5.41, 5.74) is 0.107. The second-order valence-electron chi connectivity index (χ2n) is 5.79. The lowest BCUT2D eigenvalue weighted by atomic mass is 9.91. The maximum absolute atomic E-state index is 12.2. The lowest BCUT2D eigenvalue weighted by molar-refractivity contribution is -0.142. The number of hydrogen-bond donors (Lipinski definition) is 3.